The third-order valence-electron chi connectivity index (χ3n) is 5.47. The van der Waals surface area contributed by atoms with Gasteiger partial charge in [0.25, 0.3) is 11.6 Å². The van der Waals surface area contributed by atoms with E-state index >= 15 is 0 Å². The summed E-state index contributed by atoms with van der Waals surface area (Å²) in [5.74, 6) is -0.496. The highest BCUT2D eigenvalue weighted by Gasteiger charge is 2.28. The van der Waals surface area contributed by atoms with E-state index in [1.165, 1.54) is 23.0 Å². The minimum absolute atomic E-state index is 0.00853. The molecule has 3 heterocycles. The van der Waals surface area contributed by atoms with Crippen LogP contribution in [-0.4, -0.2) is 59.8 Å². The maximum absolute atomic E-state index is 12.9. The molecule has 33 heavy (non-hydrogen) atoms. The van der Waals surface area contributed by atoms with Gasteiger partial charge in [0, 0.05) is 18.7 Å². The molecule has 0 saturated carbocycles. The zero-order valence-corrected chi connectivity index (χ0v) is 17.8. The summed E-state index contributed by atoms with van der Waals surface area (Å²) in [7, 11) is 0. The predicted octanol–water partition coefficient (Wildman–Crippen LogP) is 1.28. The molecule has 0 radical (unpaired) electrons. The molecule has 4 rings (SSSR count). The van der Waals surface area contributed by atoms with E-state index in [0.29, 0.717) is 18.3 Å². The Labute approximate surface area is 187 Å². The van der Waals surface area contributed by atoms with Crippen molar-refractivity contribution in [2.45, 2.75) is 38.8 Å². The van der Waals surface area contributed by atoms with Gasteiger partial charge in [-0.2, -0.15) is 9.78 Å². The number of para-hydroxylation sites is 1. The number of nitro benzene ring substituents is 1. The van der Waals surface area contributed by atoms with Crippen LogP contribution in [0.4, 0.5) is 11.5 Å². The van der Waals surface area contributed by atoms with Gasteiger partial charge in [0.15, 0.2) is 5.69 Å². The number of aromatic nitrogens is 5. The number of carbonyl (C=O) groups is 1. The van der Waals surface area contributed by atoms with Crippen LogP contribution in [0.5, 0.6) is 0 Å². The molecule has 3 aromatic rings. The van der Waals surface area contributed by atoms with Crippen molar-refractivity contribution in [1.82, 2.24) is 35.6 Å². The fourth-order valence-electron chi connectivity index (χ4n) is 3.69. The van der Waals surface area contributed by atoms with Crippen molar-refractivity contribution in [2.75, 3.05) is 12.3 Å². The summed E-state index contributed by atoms with van der Waals surface area (Å²) >= 11 is 0. The van der Waals surface area contributed by atoms with Crippen LogP contribution in [0, 0.1) is 10.1 Å². The van der Waals surface area contributed by atoms with Crippen molar-refractivity contribution in [3.05, 3.63) is 51.3 Å². The Hall–Kier alpha value is -4.20. The fourth-order valence-corrected chi connectivity index (χ4v) is 3.69. The van der Waals surface area contributed by atoms with Gasteiger partial charge < -0.3 is 5.73 Å². The van der Waals surface area contributed by atoms with E-state index in [2.05, 4.69) is 47.6 Å². The van der Waals surface area contributed by atoms with E-state index in [4.69, 9.17) is 5.73 Å². The van der Waals surface area contributed by atoms with Gasteiger partial charge >= 0.3 is 0 Å². The zero-order valence-electron chi connectivity index (χ0n) is 17.8. The summed E-state index contributed by atoms with van der Waals surface area (Å²) in [6.45, 7) is 3.35. The largest absolute Gasteiger partial charge is 0.378 e. The number of carbonyl (C=O) groups excluding carboxylic acids is 1. The Balaban J connectivity index is 1.60. The van der Waals surface area contributed by atoms with Gasteiger partial charge in [-0.05, 0) is 42.7 Å². The van der Waals surface area contributed by atoms with E-state index in [-0.39, 0.29) is 28.6 Å². The Bertz CT molecular complexity index is 1190. The molecular weight excluding hydrogens is 432 g/mol. The first-order chi connectivity index (χ1) is 16.0. The first-order valence-electron chi connectivity index (χ1n) is 10.3. The van der Waals surface area contributed by atoms with Crippen molar-refractivity contribution in [1.29, 1.82) is 0 Å². The molecule has 14 nitrogen and oxygen atoms in total. The number of nitrogen functional groups attached to an aromatic ring is 1. The number of nitro groups is 1. The van der Waals surface area contributed by atoms with E-state index in [9.17, 15) is 14.9 Å². The van der Waals surface area contributed by atoms with Crippen LogP contribution in [0.25, 0.3) is 5.82 Å². The molecule has 0 aliphatic carbocycles. The summed E-state index contributed by atoms with van der Waals surface area (Å²) in [6.07, 6.45) is 4.42. The lowest BCUT2D eigenvalue weighted by Gasteiger charge is -2.33. The second kappa shape index (κ2) is 9.52. The standard InChI is InChI=1S/C19H22N10O4/c1-12-6-4-5-9-27(12)11-15-16(22-26-28(15)18-17(20)24-33-25-18)19(30)23-21-10-13-7-2-3-8-14(13)29(31)32/h2-3,7-8,10,12H,4-6,9,11H2,1H3,(H2,20,24)(H,23,30)/b21-10+/t12-/m1/s1. The van der Waals surface area contributed by atoms with Crippen LogP contribution in [0.15, 0.2) is 34.0 Å². The average molecular weight is 454 g/mol. The van der Waals surface area contributed by atoms with Crippen molar-refractivity contribution < 1.29 is 14.3 Å². The molecule has 1 fully saturated rings. The summed E-state index contributed by atoms with van der Waals surface area (Å²) in [6, 6.07) is 6.36. The lowest BCUT2D eigenvalue weighted by atomic mass is 10.0. The van der Waals surface area contributed by atoms with E-state index in [1.54, 1.807) is 12.1 Å². The number of rotatable bonds is 7. The van der Waals surface area contributed by atoms with Crippen LogP contribution in [0.1, 0.15) is 47.9 Å². The van der Waals surface area contributed by atoms with Gasteiger partial charge in [-0.3, -0.25) is 19.8 Å². The van der Waals surface area contributed by atoms with E-state index in [0.717, 1.165) is 25.8 Å². The first-order valence-corrected chi connectivity index (χ1v) is 10.3. The van der Waals surface area contributed by atoms with Gasteiger partial charge in [-0.25, -0.2) is 10.1 Å². The number of nitrogens with one attached hydrogen (secondary N) is 1. The Morgan fingerprint density at radius 1 is 1.39 bits per heavy atom. The predicted molar refractivity (Wildman–Crippen MR) is 116 cm³/mol. The van der Waals surface area contributed by atoms with E-state index < -0.39 is 10.8 Å². The highest BCUT2D eigenvalue weighted by Crippen LogP contribution is 2.23. The highest BCUT2D eigenvalue weighted by molar-refractivity contribution is 5.94. The summed E-state index contributed by atoms with van der Waals surface area (Å²) < 4.78 is 6.00. The summed E-state index contributed by atoms with van der Waals surface area (Å²) in [5, 5.41) is 30.4. The van der Waals surface area contributed by atoms with Crippen LogP contribution < -0.4 is 11.2 Å². The monoisotopic (exact) mass is 454 g/mol. The maximum Gasteiger partial charge on any atom is 0.293 e. The Morgan fingerprint density at radius 2 is 2.21 bits per heavy atom. The number of piperidine rings is 1. The van der Waals surface area contributed by atoms with Crippen LogP contribution in [0.3, 0.4) is 0 Å². The molecule has 0 unspecified atom stereocenters. The molecule has 2 aromatic heterocycles. The lowest BCUT2D eigenvalue weighted by Crippen LogP contribution is -2.38. The number of hydrazone groups is 1. The molecular formula is C19H22N10O4. The van der Waals surface area contributed by atoms with Crippen LogP contribution in [-0.2, 0) is 6.54 Å². The molecule has 1 aliphatic rings. The normalized spacial score (nSPS) is 16.8. The topological polar surface area (TPSA) is 183 Å². The van der Waals surface area contributed by atoms with Gasteiger partial charge in [-0.1, -0.05) is 23.8 Å². The number of anilines is 1. The van der Waals surface area contributed by atoms with E-state index in [1.807, 2.05) is 0 Å². The molecule has 1 amide bonds. The molecule has 0 spiro atoms. The molecule has 14 heteroatoms. The molecule has 3 N–H and O–H groups in total. The molecule has 1 aliphatic heterocycles. The highest BCUT2D eigenvalue weighted by atomic mass is 16.6. The second-order valence-electron chi connectivity index (χ2n) is 7.60. The minimum Gasteiger partial charge on any atom is -0.378 e. The Morgan fingerprint density at radius 3 is 2.94 bits per heavy atom. The number of likely N-dealkylation sites (tertiary alicyclic amines) is 1. The molecule has 0 bridgehead atoms. The van der Waals surface area contributed by atoms with Crippen molar-refractivity contribution in [3.8, 4) is 5.82 Å². The number of benzene rings is 1. The first kappa shape index (κ1) is 22.0. The number of nitrogens with zero attached hydrogens (tertiary/aromatic N) is 8. The maximum atomic E-state index is 12.9. The average Bonchev–Trinajstić information content (AvgIpc) is 3.41. The van der Waals surface area contributed by atoms with Gasteiger partial charge in [-0.15, -0.1) is 5.10 Å². The molecule has 1 atom stereocenters. The zero-order chi connectivity index (χ0) is 23.4. The number of nitrogens with two attached hydrogens (primary N) is 1. The minimum atomic E-state index is -0.634. The number of amides is 1. The third kappa shape index (κ3) is 4.69. The quantitative estimate of drug-likeness (QED) is 0.299. The SMILES string of the molecule is C[C@@H]1CCCCN1Cc1c(C(=O)N/N=C/c2ccccc2[N+](=O)[O-])nnn1-c1nonc1N. The van der Waals surface area contributed by atoms with Crippen molar-refractivity contribution in [3.63, 3.8) is 0 Å². The number of hydrogen-bond donors (Lipinski definition) is 2. The Kier molecular flexibility index (Phi) is 6.35. The third-order valence-corrected chi connectivity index (χ3v) is 5.47. The van der Waals surface area contributed by atoms with Gasteiger partial charge in [0.2, 0.25) is 11.6 Å². The second-order valence-corrected chi connectivity index (χ2v) is 7.60. The van der Waals surface area contributed by atoms with Crippen LogP contribution >= 0.6 is 0 Å². The fraction of sp³-hybridized carbons (Fsp3) is 0.368. The lowest BCUT2D eigenvalue weighted by molar-refractivity contribution is -0.385. The molecule has 1 aromatic carbocycles. The molecule has 1 saturated heterocycles. The van der Waals surface area contributed by atoms with Crippen molar-refractivity contribution in [2.24, 2.45) is 5.10 Å². The smallest absolute Gasteiger partial charge is 0.293 e. The summed E-state index contributed by atoms with van der Waals surface area (Å²) in [5.41, 5.74) is 8.77. The van der Waals surface area contributed by atoms with Crippen LogP contribution in [0.2, 0.25) is 0 Å². The summed E-state index contributed by atoms with van der Waals surface area (Å²) in [4.78, 5) is 25.7. The van der Waals surface area contributed by atoms with Gasteiger partial charge in [0.1, 0.15) is 0 Å². The molecule has 172 valence electrons. The van der Waals surface area contributed by atoms with Crippen molar-refractivity contribution >= 4 is 23.6 Å². The number of hydrogen-bond acceptors (Lipinski definition) is 11. The van der Waals surface area contributed by atoms with Gasteiger partial charge in [0.05, 0.1) is 22.4 Å².